The fraction of sp³-hybridized carbons (Fsp3) is 1.00. The van der Waals surface area contributed by atoms with Crippen molar-refractivity contribution in [1.29, 1.82) is 0 Å². The van der Waals surface area contributed by atoms with E-state index in [2.05, 4.69) is 19.2 Å². The Labute approximate surface area is 214 Å². The molecular weight excluding hydrogens is 445 g/mol. The summed E-state index contributed by atoms with van der Waals surface area (Å²) in [5, 5.41) is 3.53. The molecule has 6 heteroatoms. The maximum absolute atomic E-state index is 11.1. The van der Waals surface area contributed by atoms with Crippen molar-refractivity contribution in [3.05, 3.63) is 0 Å². The lowest BCUT2D eigenvalue weighted by atomic mass is 10.0. The second kappa shape index (κ2) is 31.1. The molecule has 0 bridgehead atoms. The van der Waals surface area contributed by atoms with Crippen LogP contribution in [0.15, 0.2) is 0 Å². The van der Waals surface area contributed by atoms with E-state index in [-0.39, 0.29) is 13.2 Å². The number of rotatable bonds is 26. The molecule has 0 aliphatic rings. The normalized spacial score (nSPS) is 11.4. The van der Waals surface area contributed by atoms with Gasteiger partial charge in [-0.25, -0.2) is 4.57 Å². The van der Waals surface area contributed by atoms with E-state index in [1.807, 2.05) is 13.8 Å². The van der Waals surface area contributed by atoms with Crippen LogP contribution in [-0.4, -0.2) is 31.2 Å². The van der Waals surface area contributed by atoms with Gasteiger partial charge in [-0.2, -0.15) is 0 Å². The maximum Gasteiger partial charge on any atom is 0.472 e. The molecule has 208 valence electrons. The zero-order valence-electron chi connectivity index (χ0n) is 23.6. The van der Waals surface area contributed by atoms with Crippen molar-refractivity contribution in [2.24, 2.45) is 0 Å². The van der Waals surface area contributed by atoms with Crippen LogP contribution in [0.25, 0.3) is 0 Å². The lowest BCUT2D eigenvalue weighted by molar-refractivity contribution is 0.146. The third-order valence-corrected chi connectivity index (χ3v) is 6.94. The summed E-state index contributed by atoms with van der Waals surface area (Å²) in [6, 6.07) is 0. The fourth-order valence-corrected chi connectivity index (χ4v) is 4.35. The second-order valence-corrected chi connectivity index (χ2v) is 11.0. The van der Waals surface area contributed by atoms with E-state index in [9.17, 15) is 4.57 Å². The molecule has 34 heavy (non-hydrogen) atoms. The standard InChI is InChI=1S/C20H43N.C8H19O4P/c1-3-5-7-8-9-10-11-12-13-14-15-16-17-18-20-21-19-6-4-2;1-3-5-7-11-13(9,10)12-8-6-4-2/h21H,3-20H2,1-2H3;3-8H2,1-2H3,(H,9,10). The maximum atomic E-state index is 11.1. The Morgan fingerprint density at radius 3 is 1.21 bits per heavy atom. The topological polar surface area (TPSA) is 67.8 Å². The Balaban J connectivity index is 0. The van der Waals surface area contributed by atoms with Gasteiger partial charge in [0.1, 0.15) is 0 Å². The van der Waals surface area contributed by atoms with Crippen LogP contribution in [0.2, 0.25) is 0 Å². The molecule has 0 fully saturated rings. The summed E-state index contributed by atoms with van der Waals surface area (Å²) in [5.41, 5.74) is 0. The van der Waals surface area contributed by atoms with Crippen molar-refractivity contribution in [2.75, 3.05) is 26.3 Å². The highest BCUT2D eigenvalue weighted by Crippen LogP contribution is 2.43. The Morgan fingerprint density at radius 2 is 0.824 bits per heavy atom. The second-order valence-electron chi connectivity index (χ2n) is 9.54. The van der Waals surface area contributed by atoms with E-state index in [0.29, 0.717) is 0 Å². The first kappa shape index (κ1) is 36.2. The largest absolute Gasteiger partial charge is 0.472 e. The summed E-state index contributed by atoms with van der Waals surface area (Å²) >= 11 is 0. The van der Waals surface area contributed by atoms with Crippen LogP contribution >= 0.6 is 7.82 Å². The molecule has 0 spiro atoms. The first-order valence-corrected chi connectivity index (χ1v) is 16.4. The third-order valence-electron chi connectivity index (χ3n) is 5.92. The van der Waals surface area contributed by atoms with E-state index in [1.165, 1.54) is 116 Å². The van der Waals surface area contributed by atoms with Crippen LogP contribution < -0.4 is 5.32 Å². The van der Waals surface area contributed by atoms with E-state index in [4.69, 9.17) is 13.9 Å². The number of phosphoric acid groups is 1. The summed E-state index contributed by atoms with van der Waals surface area (Å²) < 4.78 is 20.5. The Hall–Kier alpha value is 0.0700. The summed E-state index contributed by atoms with van der Waals surface area (Å²) in [4.78, 5) is 9.08. The zero-order valence-corrected chi connectivity index (χ0v) is 24.5. The molecule has 0 aliphatic carbocycles. The molecule has 0 rings (SSSR count). The highest BCUT2D eigenvalue weighted by Gasteiger charge is 2.19. The summed E-state index contributed by atoms with van der Waals surface area (Å²) in [6.07, 6.45) is 26.4. The van der Waals surface area contributed by atoms with Crippen molar-refractivity contribution in [1.82, 2.24) is 5.32 Å². The summed E-state index contributed by atoms with van der Waals surface area (Å²) in [5.74, 6) is 0. The molecule has 0 amide bonds. The molecule has 0 aromatic rings. The van der Waals surface area contributed by atoms with Crippen LogP contribution in [-0.2, 0) is 13.6 Å². The van der Waals surface area contributed by atoms with Crippen molar-refractivity contribution in [3.8, 4) is 0 Å². The lowest BCUT2D eigenvalue weighted by Gasteiger charge is -2.10. The van der Waals surface area contributed by atoms with Crippen molar-refractivity contribution < 1.29 is 18.5 Å². The molecule has 5 nitrogen and oxygen atoms in total. The Kier molecular flexibility index (Phi) is 33.1. The zero-order chi connectivity index (χ0) is 25.6. The minimum atomic E-state index is -3.75. The molecule has 0 saturated carbocycles. The summed E-state index contributed by atoms with van der Waals surface area (Å²) in [6.45, 7) is 11.6. The van der Waals surface area contributed by atoms with Gasteiger partial charge < -0.3 is 10.2 Å². The minimum absolute atomic E-state index is 0.288. The van der Waals surface area contributed by atoms with Gasteiger partial charge in [0.05, 0.1) is 13.2 Å². The van der Waals surface area contributed by atoms with Crippen LogP contribution in [0.3, 0.4) is 0 Å². The van der Waals surface area contributed by atoms with Gasteiger partial charge in [0.2, 0.25) is 0 Å². The monoisotopic (exact) mass is 507 g/mol. The van der Waals surface area contributed by atoms with Gasteiger partial charge >= 0.3 is 7.82 Å². The number of hydrogen-bond donors (Lipinski definition) is 2. The van der Waals surface area contributed by atoms with Crippen LogP contribution in [0.4, 0.5) is 0 Å². The predicted octanol–water partition coefficient (Wildman–Crippen LogP) is 9.58. The minimum Gasteiger partial charge on any atom is -0.317 e. The van der Waals surface area contributed by atoms with Crippen LogP contribution in [0.1, 0.15) is 156 Å². The smallest absolute Gasteiger partial charge is 0.317 e. The fourth-order valence-electron chi connectivity index (χ4n) is 3.56. The van der Waals surface area contributed by atoms with Crippen molar-refractivity contribution >= 4 is 7.82 Å². The van der Waals surface area contributed by atoms with Gasteiger partial charge in [0, 0.05) is 0 Å². The van der Waals surface area contributed by atoms with E-state index in [0.717, 1.165) is 25.7 Å². The lowest BCUT2D eigenvalue weighted by Crippen LogP contribution is -2.16. The molecule has 2 N–H and O–H groups in total. The van der Waals surface area contributed by atoms with Gasteiger partial charge in [-0.05, 0) is 38.8 Å². The molecule has 0 unspecified atom stereocenters. The number of hydrogen-bond acceptors (Lipinski definition) is 4. The molecule has 0 radical (unpaired) electrons. The number of nitrogens with one attached hydrogen (secondary N) is 1. The third kappa shape index (κ3) is 34.2. The SMILES string of the molecule is CCCCCCCCCCCCCCCCNCCCC.CCCCOP(=O)(O)OCCCC. The van der Waals surface area contributed by atoms with Gasteiger partial charge in [0.25, 0.3) is 0 Å². The first-order valence-electron chi connectivity index (χ1n) is 14.9. The molecular formula is C28H62NO4P. The quantitative estimate of drug-likeness (QED) is 0.0901. The number of phosphoric ester groups is 1. The summed E-state index contributed by atoms with van der Waals surface area (Å²) in [7, 11) is -3.75. The highest BCUT2D eigenvalue weighted by atomic mass is 31.2. The molecule has 0 heterocycles. The van der Waals surface area contributed by atoms with Gasteiger partial charge in [-0.1, -0.05) is 130 Å². The molecule has 0 aromatic heterocycles. The van der Waals surface area contributed by atoms with Crippen molar-refractivity contribution in [3.63, 3.8) is 0 Å². The predicted molar refractivity (Wildman–Crippen MR) is 150 cm³/mol. The number of unbranched alkanes of at least 4 members (excludes halogenated alkanes) is 16. The highest BCUT2D eigenvalue weighted by molar-refractivity contribution is 7.47. The van der Waals surface area contributed by atoms with Gasteiger partial charge in [0.15, 0.2) is 0 Å². The molecule has 0 atom stereocenters. The van der Waals surface area contributed by atoms with Crippen LogP contribution in [0, 0.1) is 0 Å². The Morgan fingerprint density at radius 1 is 0.500 bits per heavy atom. The van der Waals surface area contributed by atoms with E-state index >= 15 is 0 Å². The van der Waals surface area contributed by atoms with Gasteiger partial charge in [-0.3, -0.25) is 9.05 Å². The molecule has 0 saturated heterocycles. The van der Waals surface area contributed by atoms with Crippen molar-refractivity contribution in [2.45, 2.75) is 156 Å². The molecule has 0 aromatic carbocycles. The molecule has 0 aliphatic heterocycles. The van der Waals surface area contributed by atoms with E-state index in [1.54, 1.807) is 0 Å². The Bertz CT molecular complexity index is 378. The van der Waals surface area contributed by atoms with Crippen LogP contribution in [0.5, 0.6) is 0 Å². The average molecular weight is 508 g/mol. The van der Waals surface area contributed by atoms with Gasteiger partial charge in [-0.15, -0.1) is 0 Å². The first-order chi connectivity index (χ1) is 16.5. The van der Waals surface area contributed by atoms with E-state index < -0.39 is 7.82 Å². The average Bonchev–Trinajstić information content (AvgIpc) is 2.82.